The Hall–Kier alpha value is -3.42. The molecule has 31 heavy (non-hydrogen) atoms. The van der Waals surface area contributed by atoms with Crippen molar-refractivity contribution >= 4 is 23.5 Å². The molecule has 3 rings (SSSR count). The molecule has 1 fully saturated rings. The molecule has 1 aliphatic rings. The molecule has 0 unspecified atom stereocenters. The van der Waals surface area contributed by atoms with Gasteiger partial charge in [-0.3, -0.25) is 14.6 Å². The van der Waals surface area contributed by atoms with Crippen LogP contribution in [0.3, 0.4) is 0 Å². The van der Waals surface area contributed by atoms with Crippen molar-refractivity contribution in [2.45, 2.75) is 25.8 Å². The molecule has 0 bridgehead atoms. The summed E-state index contributed by atoms with van der Waals surface area (Å²) in [7, 11) is 1.69. The zero-order valence-electron chi connectivity index (χ0n) is 17.7. The third-order valence-corrected chi connectivity index (χ3v) is 5.02. The van der Waals surface area contributed by atoms with E-state index in [0.29, 0.717) is 32.0 Å². The Balaban J connectivity index is 1.35. The van der Waals surface area contributed by atoms with Crippen molar-refractivity contribution < 1.29 is 14.0 Å². The second-order valence-electron chi connectivity index (χ2n) is 7.32. The van der Waals surface area contributed by atoms with Crippen LogP contribution in [0, 0.1) is 5.82 Å². The SMILES string of the molecule is CN=C(NCCNC(=O)Cc1ccc(F)cc1)NCc1ccc(N2CCCC2=O)cc1. The normalized spacial score (nSPS) is 13.9. The predicted molar refractivity (Wildman–Crippen MR) is 119 cm³/mol. The van der Waals surface area contributed by atoms with Crippen molar-refractivity contribution in [2.24, 2.45) is 4.99 Å². The summed E-state index contributed by atoms with van der Waals surface area (Å²) in [4.78, 5) is 29.8. The van der Waals surface area contributed by atoms with E-state index < -0.39 is 0 Å². The fourth-order valence-electron chi connectivity index (χ4n) is 3.35. The van der Waals surface area contributed by atoms with Crippen molar-refractivity contribution in [2.75, 3.05) is 31.6 Å². The number of rotatable bonds is 8. The highest BCUT2D eigenvalue weighted by Crippen LogP contribution is 2.21. The molecule has 1 aliphatic heterocycles. The number of anilines is 1. The van der Waals surface area contributed by atoms with Crippen LogP contribution in [0.25, 0.3) is 0 Å². The maximum atomic E-state index is 12.9. The Morgan fingerprint density at radius 3 is 2.32 bits per heavy atom. The molecule has 0 saturated carbocycles. The number of hydrogen-bond acceptors (Lipinski definition) is 3. The van der Waals surface area contributed by atoms with Gasteiger partial charge in [0.05, 0.1) is 6.42 Å². The third kappa shape index (κ3) is 6.80. The number of nitrogens with one attached hydrogen (secondary N) is 3. The van der Waals surface area contributed by atoms with Crippen molar-refractivity contribution in [3.8, 4) is 0 Å². The van der Waals surface area contributed by atoms with Crippen molar-refractivity contribution in [1.29, 1.82) is 0 Å². The highest BCUT2D eigenvalue weighted by Gasteiger charge is 2.21. The number of carbonyl (C=O) groups excluding carboxylic acids is 2. The summed E-state index contributed by atoms with van der Waals surface area (Å²) in [5.74, 6) is 0.379. The van der Waals surface area contributed by atoms with Gasteiger partial charge in [-0.1, -0.05) is 24.3 Å². The lowest BCUT2D eigenvalue weighted by molar-refractivity contribution is -0.120. The van der Waals surface area contributed by atoms with E-state index in [-0.39, 0.29) is 24.1 Å². The molecule has 0 aliphatic carbocycles. The average Bonchev–Trinajstić information content (AvgIpc) is 3.21. The Morgan fingerprint density at radius 2 is 1.68 bits per heavy atom. The summed E-state index contributed by atoms with van der Waals surface area (Å²) in [6.07, 6.45) is 1.75. The van der Waals surface area contributed by atoms with Gasteiger partial charge in [-0.2, -0.15) is 0 Å². The zero-order chi connectivity index (χ0) is 22.1. The predicted octanol–water partition coefficient (Wildman–Crippen LogP) is 1.98. The fraction of sp³-hybridized carbons (Fsp3) is 0.348. The molecule has 3 N–H and O–H groups in total. The van der Waals surface area contributed by atoms with Crippen LogP contribution >= 0.6 is 0 Å². The summed E-state index contributed by atoms with van der Waals surface area (Å²) < 4.78 is 12.9. The number of amides is 2. The molecule has 0 aromatic heterocycles. The second-order valence-corrected chi connectivity index (χ2v) is 7.32. The lowest BCUT2D eigenvalue weighted by Crippen LogP contribution is -2.41. The van der Waals surface area contributed by atoms with Crippen molar-refractivity contribution in [3.63, 3.8) is 0 Å². The first-order chi connectivity index (χ1) is 15.0. The van der Waals surface area contributed by atoms with Crippen LogP contribution in [0.15, 0.2) is 53.5 Å². The topological polar surface area (TPSA) is 85.8 Å². The van der Waals surface area contributed by atoms with Crippen LogP contribution in [-0.2, 0) is 22.6 Å². The lowest BCUT2D eigenvalue weighted by Gasteiger charge is -2.16. The minimum Gasteiger partial charge on any atom is -0.355 e. The van der Waals surface area contributed by atoms with Gasteiger partial charge in [0.15, 0.2) is 5.96 Å². The van der Waals surface area contributed by atoms with Gasteiger partial charge in [-0.25, -0.2) is 4.39 Å². The van der Waals surface area contributed by atoms with Crippen LogP contribution in [0.2, 0.25) is 0 Å². The van der Waals surface area contributed by atoms with E-state index in [0.717, 1.165) is 29.8 Å². The highest BCUT2D eigenvalue weighted by atomic mass is 19.1. The zero-order valence-corrected chi connectivity index (χ0v) is 17.7. The first kappa shape index (κ1) is 22.3. The smallest absolute Gasteiger partial charge is 0.227 e. The highest BCUT2D eigenvalue weighted by molar-refractivity contribution is 5.95. The van der Waals surface area contributed by atoms with Gasteiger partial charge in [0.25, 0.3) is 0 Å². The van der Waals surface area contributed by atoms with E-state index >= 15 is 0 Å². The van der Waals surface area contributed by atoms with Gasteiger partial charge in [0, 0.05) is 45.3 Å². The molecule has 2 aromatic rings. The van der Waals surface area contributed by atoms with Gasteiger partial charge in [-0.15, -0.1) is 0 Å². The van der Waals surface area contributed by atoms with Gasteiger partial charge >= 0.3 is 0 Å². The molecule has 0 spiro atoms. The second kappa shape index (κ2) is 11.1. The molecule has 2 aromatic carbocycles. The number of guanidine groups is 1. The largest absolute Gasteiger partial charge is 0.355 e. The van der Waals surface area contributed by atoms with E-state index in [1.165, 1.54) is 12.1 Å². The number of aliphatic imine (C=N–C) groups is 1. The molecule has 0 atom stereocenters. The van der Waals surface area contributed by atoms with E-state index in [2.05, 4.69) is 20.9 Å². The molecular weight excluding hydrogens is 397 g/mol. The van der Waals surface area contributed by atoms with Gasteiger partial charge in [-0.05, 0) is 41.8 Å². The number of benzene rings is 2. The molecular formula is C23H28FN5O2. The molecule has 2 amide bonds. The molecule has 8 heteroatoms. The van der Waals surface area contributed by atoms with E-state index in [4.69, 9.17) is 0 Å². The average molecular weight is 426 g/mol. The maximum absolute atomic E-state index is 12.9. The summed E-state index contributed by atoms with van der Waals surface area (Å²) in [5.41, 5.74) is 2.78. The number of halogens is 1. The summed E-state index contributed by atoms with van der Waals surface area (Å²) >= 11 is 0. The summed E-state index contributed by atoms with van der Waals surface area (Å²) in [5, 5.41) is 9.20. The molecule has 7 nitrogen and oxygen atoms in total. The van der Waals surface area contributed by atoms with E-state index in [9.17, 15) is 14.0 Å². The number of hydrogen-bond donors (Lipinski definition) is 3. The fourth-order valence-corrected chi connectivity index (χ4v) is 3.35. The molecule has 0 radical (unpaired) electrons. The molecule has 1 saturated heterocycles. The number of carbonyl (C=O) groups is 2. The maximum Gasteiger partial charge on any atom is 0.227 e. The first-order valence-corrected chi connectivity index (χ1v) is 10.4. The minimum absolute atomic E-state index is 0.118. The first-order valence-electron chi connectivity index (χ1n) is 10.4. The van der Waals surface area contributed by atoms with Crippen LogP contribution in [0.5, 0.6) is 0 Å². The Morgan fingerprint density at radius 1 is 1.00 bits per heavy atom. The van der Waals surface area contributed by atoms with Crippen LogP contribution in [0.4, 0.5) is 10.1 Å². The van der Waals surface area contributed by atoms with Crippen LogP contribution < -0.4 is 20.9 Å². The lowest BCUT2D eigenvalue weighted by atomic mass is 10.1. The van der Waals surface area contributed by atoms with Crippen LogP contribution in [-0.4, -0.2) is 44.5 Å². The summed E-state index contributed by atoms with van der Waals surface area (Å²) in [6, 6.07) is 13.8. The standard InChI is InChI=1S/C23H28FN5O2/c1-25-23(27-13-12-26-21(30)15-17-4-8-19(24)9-5-17)28-16-18-6-10-20(11-7-18)29-14-2-3-22(29)31/h4-11H,2-3,12-16H2,1H3,(H,26,30)(H2,25,27,28). The Bertz CT molecular complexity index is 913. The third-order valence-electron chi connectivity index (χ3n) is 5.02. The monoisotopic (exact) mass is 425 g/mol. The molecule has 164 valence electrons. The van der Waals surface area contributed by atoms with Crippen LogP contribution in [0.1, 0.15) is 24.0 Å². The van der Waals surface area contributed by atoms with Crippen molar-refractivity contribution in [3.05, 3.63) is 65.5 Å². The quantitative estimate of drug-likeness (QED) is 0.343. The van der Waals surface area contributed by atoms with Gasteiger partial charge in [0.1, 0.15) is 5.82 Å². The van der Waals surface area contributed by atoms with Gasteiger partial charge in [0.2, 0.25) is 11.8 Å². The van der Waals surface area contributed by atoms with Gasteiger partial charge < -0.3 is 20.9 Å². The Kier molecular flexibility index (Phi) is 7.98. The number of nitrogens with zero attached hydrogens (tertiary/aromatic N) is 2. The van der Waals surface area contributed by atoms with E-state index in [1.54, 1.807) is 19.2 Å². The Labute approximate surface area is 181 Å². The molecule has 1 heterocycles. The van der Waals surface area contributed by atoms with E-state index in [1.807, 2.05) is 29.2 Å². The minimum atomic E-state index is -0.315. The summed E-state index contributed by atoms with van der Waals surface area (Å²) in [6.45, 7) is 2.34. The van der Waals surface area contributed by atoms with Crippen molar-refractivity contribution in [1.82, 2.24) is 16.0 Å².